The molecule has 2 aromatic rings. The number of rotatable bonds is 4. The summed E-state index contributed by atoms with van der Waals surface area (Å²) >= 11 is 0. The second-order valence-electron chi connectivity index (χ2n) is 5.72. The number of nitrogens with one attached hydrogen (secondary N) is 1. The number of morpholine rings is 1. The lowest BCUT2D eigenvalue weighted by molar-refractivity contribution is 0.0272. The van der Waals surface area contributed by atoms with E-state index in [0.717, 1.165) is 16.5 Å². The highest BCUT2D eigenvalue weighted by molar-refractivity contribution is 7.89. The van der Waals surface area contributed by atoms with Gasteiger partial charge in [0.15, 0.2) is 0 Å². The Morgan fingerprint density at radius 2 is 1.70 bits per heavy atom. The van der Waals surface area contributed by atoms with Crippen molar-refractivity contribution in [1.29, 1.82) is 0 Å². The predicted octanol–water partition coefficient (Wildman–Crippen LogP) is 1.43. The average Bonchev–Trinajstić information content (AvgIpc) is 2.54. The molecule has 23 heavy (non-hydrogen) atoms. The number of sulfonamides is 1. The Hall–Kier alpha value is -1.67. The van der Waals surface area contributed by atoms with Crippen LogP contribution < -0.4 is 9.73 Å². The third kappa shape index (κ3) is 3.32. The molecule has 0 saturated carbocycles. The van der Waals surface area contributed by atoms with Crippen molar-refractivity contribution in [2.75, 3.05) is 45.3 Å². The summed E-state index contributed by atoms with van der Waals surface area (Å²) in [6.45, 7) is 2.16. The van der Waals surface area contributed by atoms with Gasteiger partial charge in [-0.1, -0.05) is 24.3 Å². The molecule has 3 rings (SSSR count). The molecule has 0 atom stereocenters. The average molecular weight is 335 g/mol. The van der Waals surface area contributed by atoms with Gasteiger partial charge in [0.2, 0.25) is 0 Å². The first kappa shape index (κ1) is 16.2. The molecule has 7 heteroatoms. The molecule has 1 fully saturated rings. The number of ether oxygens (including phenoxy) is 1. The highest BCUT2D eigenvalue weighted by atomic mass is 32.2. The number of benzene rings is 2. The van der Waals surface area contributed by atoms with Crippen LogP contribution in [0, 0.1) is 0 Å². The minimum Gasteiger partial charge on any atom is -0.379 e. The molecule has 6 nitrogen and oxygen atoms in total. The quantitative estimate of drug-likeness (QED) is 0.916. The maximum Gasteiger partial charge on any atom is 0.254 e. The van der Waals surface area contributed by atoms with E-state index in [4.69, 9.17) is 4.74 Å². The van der Waals surface area contributed by atoms with Crippen molar-refractivity contribution in [3.8, 4) is 0 Å². The Labute approximate surface area is 136 Å². The molecule has 0 unspecified atom stereocenters. The lowest BCUT2D eigenvalue weighted by atomic mass is 10.1. The highest BCUT2D eigenvalue weighted by Gasteiger charge is 2.22. The molecule has 124 valence electrons. The lowest BCUT2D eigenvalue weighted by Gasteiger charge is -2.27. The first-order valence-corrected chi connectivity index (χ1v) is 9.01. The third-order valence-corrected chi connectivity index (χ3v) is 5.32. The predicted molar refractivity (Wildman–Crippen MR) is 91.0 cm³/mol. The van der Waals surface area contributed by atoms with Crippen LogP contribution in [0.3, 0.4) is 0 Å². The Balaban J connectivity index is 2.03. The highest BCUT2D eigenvalue weighted by Crippen LogP contribution is 2.30. The molecular weight excluding hydrogens is 314 g/mol. The molecule has 0 spiro atoms. The van der Waals surface area contributed by atoms with Crippen molar-refractivity contribution in [2.45, 2.75) is 4.90 Å². The van der Waals surface area contributed by atoms with Gasteiger partial charge in [-0.15, -0.1) is 4.83 Å². The minimum atomic E-state index is -3.63. The summed E-state index contributed by atoms with van der Waals surface area (Å²) in [6, 6.07) is 11.1. The summed E-state index contributed by atoms with van der Waals surface area (Å²) < 4.78 is 30.8. The van der Waals surface area contributed by atoms with E-state index in [0.29, 0.717) is 31.2 Å². The van der Waals surface area contributed by atoms with E-state index in [1.54, 1.807) is 17.1 Å². The van der Waals surface area contributed by atoms with Crippen LogP contribution >= 0.6 is 0 Å². The summed E-state index contributed by atoms with van der Waals surface area (Å²) in [7, 11) is 0.266. The van der Waals surface area contributed by atoms with E-state index in [2.05, 4.69) is 4.83 Å². The van der Waals surface area contributed by atoms with Crippen LogP contribution in [0.4, 0.5) is 5.69 Å². The van der Waals surface area contributed by atoms with Crippen molar-refractivity contribution in [3.05, 3.63) is 36.4 Å². The minimum absolute atomic E-state index is 0.296. The lowest BCUT2D eigenvalue weighted by Crippen LogP contribution is -2.48. The maximum atomic E-state index is 12.8. The van der Waals surface area contributed by atoms with Crippen molar-refractivity contribution in [2.24, 2.45) is 0 Å². The van der Waals surface area contributed by atoms with E-state index in [1.807, 2.05) is 43.3 Å². The van der Waals surface area contributed by atoms with Gasteiger partial charge in [-0.3, -0.25) is 0 Å². The van der Waals surface area contributed by atoms with Gasteiger partial charge in [-0.05, 0) is 12.1 Å². The van der Waals surface area contributed by atoms with Crippen molar-refractivity contribution in [1.82, 2.24) is 9.84 Å². The fourth-order valence-corrected chi connectivity index (χ4v) is 4.11. The molecule has 0 amide bonds. The van der Waals surface area contributed by atoms with E-state index in [9.17, 15) is 8.42 Å². The van der Waals surface area contributed by atoms with Crippen molar-refractivity contribution < 1.29 is 13.2 Å². The van der Waals surface area contributed by atoms with E-state index in [-0.39, 0.29) is 0 Å². The molecule has 0 aliphatic carbocycles. The second-order valence-corrected chi connectivity index (χ2v) is 7.35. The first-order chi connectivity index (χ1) is 11.0. The normalized spacial score (nSPS) is 16.6. The second kappa shape index (κ2) is 6.45. The number of anilines is 1. The summed E-state index contributed by atoms with van der Waals surface area (Å²) in [4.78, 5) is 4.94. The molecular formula is C16H21N3O3S. The van der Waals surface area contributed by atoms with Gasteiger partial charge >= 0.3 is 0 Å². The zero-order chi connectivity index (χ0) is 16.4. The number of hydrogen-bond acceptors (Lipinski definition) is 5. The largest absolute Gasteiger partial charge is 0.379 e. The van der Waals surface area contributed by atoms with Crippen LogP contribution in [-0.4, -0.2) is 53.8 Å². The fraction of sp³-hybridized carbons (Fsp3) is 0.375. The molecule has 1 heterocycles. The molecule has 0 radical (unpaired) electrons. The standard InChI is InChI=1S/C16H21N3O3S/c1-18(2)15-7-3-6-14-13(15)5-4-8-16(14)23(20,21)17-19-9-11-22-12-10-19/h3-8,17H,9-12H2,1-2H3. The van der Waals surface area contributed by atoms with Crippen LogP contribution in [0.1, 0.15) is 0 Å². The molecule has 0 bridgehead atoms. The number of hydrazine groups is 1. The molecule has 1 aliphatic heterocycles. The molecule has 0 aromatic heterocycles. The Bertz CT molecular complexity index is 799. The molecule has 1 saturated heterocycles. The Kier molecular flexibility index (Phi) is 4.54. The van der Waals surface area contributed by atoms with E-state index in [1.165, 1.54) is 0 Å². The first-order valence-electron chi connectivity index (χ1n) is 7.53. The maximum absolute atomic E-state index is 12.8. The SMILES string of the molecule is CN(C)c1cccc2c(S(=O)(=O)NN3CCOCC3)cccc12. The zero-order valence-electron chi connectivity index (χ0n) is 13.3. The fourth-order valence-electron chi connectivity index (χ4n) is 2.76. The number of hydrogen-bond donors (Lipinski definition) is 1. The van der Waals surface area contributed by atoms with Gasteiger partial charge in [0.1, 0.15) is 0 Å². The van der Waals surface area contributed by atoms with E-state index < -0.39 is 10.0 Å². The smallest absolute Gasteiger partial charge is 0.254 e. The Morgan fingerprint density at radius 3 is 2.39 bits per heavy atom. The van der Waals surface area contributed by atoms with Crippen molar-refractivity contribution in [3.63, 3.8) is 0 Å². The van der Waals surface area contributed by atoms with E-state index >= 15 is 0 Å². The topological polar surface area (TPSA) is 61.9 Å². The van der Waals surface area contributed by atoms with Crippen LogP contribution in [0.15, 0.2) is 41.3 Å². The summed E-state index contributed by atoms with van der Waals surface area (Å²) in [5.41, 5.74) is 0.992. The molecule has 2 aromatic carbocycles. The van der Waals surface area contributed by atoms with Gasteiger partial charge in [-0.25, -0.2) is 13.4 Å². The molecule has 1 N–H and O–H groups in total. The Morgan fingerprint density at radius 1 is 1.04 bits per heavy atom. The van der Waals surface area contributed by atoms with Gasteiger partial charge in [0.05, 0.1) is 18.1 Å². The van der Waals surface area contributed by atoms with Crippen LogP contribution in [0.5, 0.6) is 0 Å². The summed E-state index contributed by atoms with van der Waals surface area (Å²) in [5.74, 6) is 0. The molecule has 1 aliphatic rings. The summed E-state index contributed by atoms with van der Waals surface area (Å²) in [5, 5.41) is 3.33. The van der Waals surface area contributed by atoms with Gasteiger partial charge in [-0.2, -0.15) is 0 Å². The number of nitrogens with zero attached hydrogens (tertiary/aromatic N) is 2. The van der Waals surface area contributed by atoms with Crippen LogP contribution in [-0.2, 0) is 14.8 Å². The zero-order valence-corrected chi connectivity index (χ0v) is 14.1. The van der Waals surface area contributed by atoms with Crippen molar-refractivity contribution >= 4 is 26.5 Å². The van der Waals surface area contributed by atoms with Gasteiger partial charge in [0.25, 0.3) is 10.0 Å². The number of fused-ring (bicyclic) bond motifs is 1. The van der Waals surface area contributed by atoms with Gasteiger partial charge in [0, 0.05) is 43.6 Å². The van der Waals surface area contributed by atoms with Gasteiger partial charge < -0.3 is 9.64 Å². The monoisotopic (exact) mass is 335 g/mol. The summed E-state index contributed by atoms with van der Waals surface area (Å²) in [6.07, 6.45) is 0. The van der Waals surface area contributed by atoms with Crippen LogP contribution in [0.2, 0.25) is 0 Å². The third-order valence-electron chi connectivity index (χ3n) is 3.89. The van der Waals surface area contributed by atoms with Crippen LogP contribution in [0.25, 0.3) is 10.8 Å².